The molecular weight excluding hydrogens is 192 g/mol. The maximum Gasteiger partial charge on any atom is 0.0289 e. The average molecular weight is 205 g/mol. The second-order valence-corrected chi connectivity index (χ2v) is 3.97. The molecule has 0 spiro atoms. The Labute approximate surface area is 89.5 Å². The molecule has 2 aromatic rings. The molecule has 0 radical (unpaired) electrons. The second-order valence-electron chi connectivity index (χ2n) is 3.66. The van der Waals surface area contributed by atoms with Crippen LogP contribution in [-0.2, 0) is 0 Å². The van der Waals surface area contributed by atoms with E-state index >= 15 is 0 Å². The molecule has 0 aliphatic heterocycles. The Balaban J connectivity index is 2.51. The molecule has 2 rings (SSSR count). The highest BCUT2D eigenvalue weighted by Gasteiger charge is 2.03. The average Bonchev–Trinajstić information content (AvgIpc) is 2.27. The fraction of sp³-hybridized carbons (Fsp3) is 0.231. The molecular formula is C13H13Cl. The number of hydrogen-bond donors (Lipinski definition) is 0. The van der Waals surface area contributed by atoms with Crippen molar-refractivity contribution in [1.82, 2.24) is 0 Å². The summed E-state index contributed by atoms with van der Waals surface area (Å²) in [5, 5.41) is 2.58. The van der Waals surface area contributed by atoms with Crippen LogP contribution in [0, 0.1) is 0 Å². The van der Waals surface area contributed by atoms with E-state index in [0.717, 1.165) is 0 Å². The van der Waals surface area contributed by atoms with E-state index < -0.39 is 0 Å². The van der Waals surface area contributed by atoms with Crippen LogP contribution >= 0.6 is 11.6 Å². The third-order valence-electron chi connectivity index (χ3n) is 2.57. The van der Waals surface area contributed by atoms with Gasteiger partial charge in [0.2, 0.25) is 0 Å². The summed E-state index contributed by atoms with van der Waals surface area (Å²) in [6, 6.07) is 14.9. The number of halogens is 1. The predicted molar refractivity (Wildman–Crippen MR) is 63.1 cm³/mol. The molecule has 0 bridgehead atoms. The van der Waals surface area contributed by atoms with Crippen LogP contribution in [0.4, 0.5) is 0 Å². The van der Waals surface area contributed by atoms with Crippen LogP contribution in [0.3, 0.4) is 0 Å². The van der Waals surface area contributed by atoms with Crippen LogP contribution < -0.4 is 0 Å². The Morgan fingerprint density at radius 1 is 1.07 bits per heavy atom. The molecule has 0 amide bonds. The van der Waals surface area contributed by atoms with Crippen LogP contribution in [0.2, 0.25) is 0 Å². The van der Waals surface area contributed by atoms with E-state index in [9.17, 15) is 0 Å². The van der Waals surface area contributed by atoms with E-state index in [-0.39, 0.29) is 0 Å². The van der Waals surface area contributed by atoms with Gasteiger partial charge in [0.05, 0.1) is 0 Å². The molecule has 0 saturated heterocycles. The maximum atomic E-state index is 5.84. The number of fused-ring (bicyclic) bond motifs is 1. The van der Waals surface area contributed by atoms with E-state index in [1.165, 1.54) is 16.3 Å². The van der Waals surface area contributed by atoms with Gasteiger partial charge in [-0.15, -0.1) is 11.6 Å². The van der Waals surface area contributed by atoms with Crippen molar-refractivity contribution in [1.29, 1.82) is 0 Å². The van der Waals surface area contributed by atoms with Crippen molar-refractivity contribution in [2.45, 2.75) is 12.8 Å². The normalized spacial score (nSPS) is 13.0. The summed E-state index contributed by atoms with van der Waals surface area (Å²) in [5.41, 5.74) is 1.32. The van der Waals surface area contributed by atoms with Gasteiger partial charge in [-0.3, -0.25) is 0 Å². The minimum absolute atomic E-state index is 0.432. The molecule has 0 heterocycles. The minimum atomic E-state index is 0.432. The summed E-state index contributed by atoms with van der Waals surface area (Å²) in [6.45, 7) is 2.15. The molecule has 1 atom stereocenters. The molecule has 0 aliphatic carbocycles. The van der Waals surface area contributed by atoms with Gasteiger partial charge in [0.25, 0.3) is 0 Å². The highest BCUT2D eigenvalue weighted by atomic mass is 35.5. The van der Waals surface area contributed by atoms with Gasteiger partial charge in [0.1, 0.15) is 0 Å². The molecule has 1 heteroatoms. The van der Waals surface area contributed by atoms with Crippen LogP contribution in [0.1, 0.15) is 18.4 Å². The first-order valence-corrected chi connectivity index (χ1v) is 5.39. The van der Waals surface area contributed by atoms with Crippen LogP contribution in [0.25, 0.3) is 10.8 Å². The highest BCUT2D eigenvalue weighted by molar-refractivity contribution is 6.18. The van der Waals surface area contributed by atoms with E-state index in [1.54, 1.807) is 0 Å². The van der Waals surface area contributed by atoms with Crippen molar-refractivity contribution in [2.75, 3.05) is 5.88 Å². The lowest BCUT2D eigenvalue weighted by Crippen LogP contribution is -1.93. The lowest BCUT2D eigenvalue weighted by molar-refractivity contribution is 0.877. The van der Waals surface area contributed by atoms with Crippen molar-refractivity contribution in [2.24, 2.45) is 0 Å². The van der Waals surface area contributed by atoms with Crippen LogP contribution in [0.5, 0.6) is 0 Å². The molecule has 0 unspecified atom stereocenters. The third kappa shape index (κ3) is 1.76. The van der Waals surface area contributed by atoms with Gasteiger partial charge < -0.3 is 0 Å². The zero-order valence-electron chi connectivity index (χ0n) is 8.20. The molecule has 0 fully saturated rings. The minimum Gasteiger partial charge on any atom is -0.126 e. The Kier molecular flexibility index (Phi) is 2.74. The van der Waals surface area contributed by atoms with Crippen molar-refractivity contribution in [3.05, 3.63) is 48.0 Å². The fourth-order valence-corrected chi connectivity index (χ4v) is 1.78. The Bertz CT molecular complexity index is 434. The number of alkyl halides is 1. The Morgan fingerprint density at radius 2 is 1.79 bits per heavy atom. The highest BCUT2D eigenvalue weighted by Crippen LogP contribution is 2.22. The monoisotopic (exact) mass is 204 g/mol. The molecule has 72 valence electrons. The molecule has 0 saturated carbocycles. The third-order valence-corrected chi connectivity index (χ3v) is 3.04. The summed E-state index contributed by atoms with van der Waals surface area (Å²) >= 11 is 5.84. The standard InChI is InChI=1S/C13H13Cl/c1-10(9-14)12-7-6-11-4-2-3-5-13(11)8-12/h2-8,10H,9H2,1H3/t10-/m0/s1. The van der Waals surface area contributed by atoms with Gasteiger partial charge >= 0.3 is 0 Å². The van der Waals surface area contributed by atoms with Gasteiger partial charge in [-0.2, -0.15) is 0 Å². The van der Waals surface area contributed by atoms with Crippen molar-refractivity contribution < 1.29 is 0 Å². The molecule has 0 nitrogen and oxygen atoms in total. The number of hydrogen-bond acceptors (Lipinski definition) is 0. The molecule has 0 aromatic heterocycles. The van der Waals surface area contributed by atoms with Gasteiger partial charge in [-0.25, -0.2) is 0 Å². The molecule has 2 aromatic carbocycles. The van der Waals surface area contributed by atoms with E-state index in [1.807, 2.05) is 0 Å². The first-order chi connectivity index (χ1) is 6.81. The van der Waals surface area contributed by atoms with Crippen molar-refractivity contribution in [3.8, 4) is 0 Å². The van der Waals surface area contributed by atoms with Gasteiger partial charge in [0, 0.05) is 5.88 Å². The molecule has 0 aliphatic rings. The molecule has 0 N–H and O–H groups in total. The number of benzene rings is 2. The maximum absolute atomic E-state index is 5.84. The zero-order chi connectivity index (χ0) is 9.97. The van der Waals surface area contributed by atoms with Crippen molar-refractivity contribution >= 4 is 22.4 Å². The van der Waals surface area contributed by atoms with Crippen molar-refractivity contribution in [3.63, 3.8) is 0 Å². The largest absolute Gasteiger partial charge is 0.126 e. The predicted octanol–water partition coefficient (Wildman–Crippen LogP) is 4.18. The van der Waals surface area contributed by atoms with Gasteiger partial charge in [-0.05, 0) is 22.3 Å². The van der Waals surface area contributed by atoms with Crippen LogP contribution in [0.15, 0.2) is 42.5 Å². The summed E-state index contributed by atoms with van der Waals surface area (Å²) in [5.74, 6) is 1.11. The Morgan fingerprint density at radius 3 is 2.50 bits per heavy atom. The van der Waals surface area contributed by atoms with E-state index in [0.29, 0.717) is 11.8 Å². The Hall–Kier alpha value is -1.01. The van der Waals surface area contributed by atoms with Crippen LogP contribution in [-0.4, -0.2) is 5.88 Å². The molecule has 14 heavy (non-hydrogen) atoms. The van der Waals surface area contributed by atoms with E-state index in [4.69, 9.17) is 11.6 Å². The first kappa shape index (κ1) is 9.54. The quantitative estimate of drug-likeness (QED) is 0.644. The second kappa shape index (κ2) is 4.02. The topological polar surface area (TPSA) is 0 Å². The lowest BCUT2D eigenvalue weighted by atomic mass is 9.99. The zero-order valence-corrected chi connectivity index (χ0v) is 8.96. The van der Waals surface area contributed by atoms with Gasteiger partial charge in [0.15, 0.2) is 0 Å². The van der Waals surface area contributed by atoms with Gasteiger partial charge in [-0.1, -0.05) is 49.4 Å². The first-order valence-electron chi connectivity index (χ1n) is 4.86. The number of rotatable bonds is 2. The summed E-state index contributed by atoms with van der Waals surface area (Å²) in [4.78, 5) is 0. The summed E-state index contributed by atoms with van der Waals surface area (Å²) in [7, 11) is 0. The smallest absolute Gasteiger partial charge is 0.0289 e. The SMILES string of the molecule is C[C@@H](CCl)c1ccc2ccccc2c1. The fourth-order valence-electron chi connectivity index (χ4n) is 1.60. The summed E-state index contributed by atoms with van der Waals surface area (Å²) < 4.78 is 0. The lowest BCUT2D eigenvalue weighted by Gasteiger charge is -2.08. The summed E-state index contributed by atoms with van der Waals surface area (Å²) in [6.07, 6.45) is 0. The van der Waals surface area contributed by atoms with E-state index in [2.05, 4.69) is 49.4 Å².